The topological polar surface area (TPSA) is 12.9 Å². The maximum absolute atomic E-state index is 4.67. The molecule has 0 saturated carbocycles. The number of nitrogens with zero attached hydrogens (tertiary/aromatic N) is 1. The highest BCUT2D eigenvalue weighted by atomic mass is 14.7. The van der Waals surface area contributed by atoms with Crippen LogP contribution in [0.15, 0.2) is 48.7 Å². The normalized spacial score (nSPS) is 11.3. The van der Waals surface area contributed by atoms with Crippen molar-refractivity contribution in [3.8, 4) is 11.3 Å². The molecule has 1 heteroatoms. The molecule has 0 radical (unpaired) electrons. The molecule has 0 N–H and O–H groups in total. The predicted molar refractivity (Wildman–Crippen MR) is 100.0 cm³/mol. The van der Waals surface area contributed by atoms with E-state index in [1.807, 2.05) is 6.20 Å². The lowest BCUT2D eigenvalue weighted by molar-refractivity contribution is 0.643. The summed E-state index contributed by atoms with van der Waals surface area (Å²) in [5.74, 6) is 0.650. The Balaban J connectivity index is 2.16. The van der Waals surface area contributed by atoms with Gasteiger partial charge in [0.05, 0.1) is 5.69 Å². The van der Waals surface area contributed by atoms with Crippen LogP contribution in [0.1, 0.15) is 49.3 Å². The first-order chi connectivity index (χ1) is 11.1. The number of aromatic nitrogens is 1. The molecule has 3 rings (SSSR count). The van der Waals surface area contributed by atoms with Gasteiger partial charge in [0.15, 0.2) is 0 Å². The molecule has 0 aliphatic rings. The highest BCUT2D eigenvalue weighted by Gasteiger charge is 2.10. The SMILES string of the molecule is CCC(CC)c1ccc2c(-c3cc(C)cc(C)c3)nccc2c1. The summed E-state index contributed by atoms with van der Waals surface area (Å²) in [5, 5.41) is 2.53. The van der Waals surface area contributed by atoms with E-state index in [0.29, 0.717) is 5.92 Å². The standard InChI is InChI=1S/C22H25N/c1-5-17(6-2)18-7-8-21-19(14-18)9-10-23-22(21)20-12-15(3)11-16(4)13-20/h7-14,17H,5-6H2,1-4H3. The third-order valence-electron chi connectivity index (χ3n) is 4.74. The van der Waals surface area contributed by atoms with Gasteiger partial charge in [-0.1, -0.05) is 49.2 Å². The van der Waals surface area contributed by atoms with Gasteiger partial charge in [-0.05, 0) is 61.8 Å². The predicted octanol–water partition coefficient (Wildman–Crippen LogP) is 6.42. The van der Waals surface area contributed by atoms with Gasteiger partial charge in [-0.15, -0.1) is 0 Å². The zero-order valence-corrected chi connectivity index (χ0v) is 14.6. The number of hydrogen-bond acceptors (Lipinski definition) is 1. The minimum Gasteiger partial charge on any atom is -0.256 e. The van der Waals surface area contributed by atoms with E-state index in [4.69, 9.17) is 0 Å². The van der Waals surface area contributed by atoms with E-state index >= 15 is 0 Å². The summed E-state index contributed by atoms with van der Waals surface area (Å²) in [7, 11) is 0. The maximum atomic E-state index is 4.67. The molecule has 0 spiro atoms. The van der Waals surface area contributed by atoms with Crippen LogP contribution in [0.4, 0.5) is 0 Å². The van der Waals surface area contributed by atoms with Crippen molar-refractivity contribution < 1.29 is 0 Å². The Kier molecular flexibility index (Phi) is 4.47. The van der Waals surface area contributed by atoms with E-state index in [2.05, 4.69) is 75.1 Å². The van der Waals surface area contributed by atoms with E-state index in [0.717, 1.165) is 5.69 Å². The van der Waals surface area contributed by atoms with Gasteiger partial charge < -0.3 is 0 Å². The van der Waals surface area contributed by atoms with Crippen molar-refractivity contribution in [3.05, 3.63) is 65.4 Å². The molecule has 118 valence electrons. The number of rotatable bonds is 4. The fourth-order valence-corrected chi connectivity index (χ4v) is 3.55. The molecule has 0 unspecified atom stereocenters. The van der Waals surface area contributed by atoms with E-state index in [1.165, 1.54) is 45.9 Å². The van der Waals surface area contributed by atoms with Crippen LogP contribution in [-0.4, -0.2) is 4.98 Å². The molecule has 0 saturated heterocycles. The van der Waals surface area contributed by atoms with Crippen molar-refractivity contribution in [2.24, 2.45) is 0 Å². The summed E-state index contributed by atoms with van der Waals surface area (Å²) in [6.45, 7) is 8.83. The highest BCUT2D eigenvalue weighted by molar-refractivity contribution is 5.95. The summed E-state index contributed by atoms with van der Waals surface area (Å²) >= 11 is 0. The first-order valence-corrected chi connectivity index (χ1v) is 8.59. The van der Waals surface area contributed by atoms with Gasteiger partial charge >= 0.3 is 0 Å². The van der Waals surface area contributed by atoms with Crippen LogP contribution in [0.2, 0.25) is 0 Å². The van der Waals surface area contributed by atoms with E-state index in [1.54, 1.807) is 0 Å². The Labute approximate surface area is 139 Å². The minimum atomic E-state index is 0.650. The third-order valence-corrected chi connectivity index (χ3v) is 4.74. The number of fused-ring (bicyclic) bond motifs is 1. The van der Waals surface area contributed by atoms with Gasteiger partial charge in [-0.3, -0.25) is 4.98 Å². The lowest BCUT2D eigenvalue weighted by atomic mass is 9.91. The Bertz CT molecular complexity index is 808. The van der Waals surface area contributed by atoms with Gasteiger partial charge in [0.2, 0.25) is 0 Å². The Morgan fingerprint density at radius 3 is 2.22 bits per heavy atom. The van der Waals surface area contributed by atoms with Crippen molar-refractivity contribution in [2.45, 2.75) is 46.5 Å². The van der Waals surface area contributed by atoms with Crippen LogP contribution in [0.5, 0.6) is 0 Å². The minimum absolute atomic E-state index is 0.650. The van der Waals surface area contributed by atoms with Gasteiger partial charge in [0, 0.05) is 17.1 Å². The van der Waals surface area contributed by atoms with E-state index in [9.17, 15) is 0 Å². The van der Waals surface area contributed by atoms with Crippen molar-refractivity contribution in [2.75, 3.05) is 0 Å². The third kappa shape index (κ3) is 3.14. The van der Waals surface area contributed by atoms with Crippen LogP contribution in [0, 0.1) is 13.8 Å². The molecule has 1 heterocycles. The molecule has 1 nitrogen and oxygen atoms in total. The lowest BCUT2D eigenvalue weighted by Gasteiger charge is -2.15. The van der Waals surface area contributed by atoms with Gasteiger partial charge in [-0.2, -0.15) is 0 Å². The number of benzene rings is 2. The summed E-state index contributed by atoms with van der Waals surface area (Å²) in [6.07, 6.45) is 4.32. The molecule has 2 aromatic carbocycles. The largest absolute Gasteiger partial charge is 0.256 e. The fraction of sp³-hybridized carbons (Fsp3) is 0.318. The molecule has 3 aromatic rings. The summed E-state index contributed by atoms with van der Waals surface area (Å²) in [6, 6.07) is 15.7. The Morgan fingerprint density at radius 1 is 0.870 bits per heavy atom. The quantitative estimate of drug-likeness (QED) is 0.541. The average molecular weight is 303 g/mol. The molecule has 0 atom stereocenters. The summed E-state index contributed by atoms with van der Waals surface area (Å²) in [4.78, 5) is 4.67. The monoisotopic (exact) mass is 303 g/mol. The molecule has 23 heavy (non-hydrogen) atoms. The second-order valence-electron chi connectivity index (χ2n) is 6.53. The molecule has 0 aliphatic carbocycles. The lowest BCUT2D eigenvalue weighted by Crippen LogP contribution is -1.96. The molecule has 0 fully saturated rings. The van der Waals surface area contributed by atoms with Crippen LogP contribution in [0.3, 0.4) is 0 Å². The van der Waals surface area contributed by atoms with E-state index in [-0.39, 0.29) is 0 Å². The van der Waals surface area contributed by atoms with Crippen molar-refractivity contribution in [1.29, 1.82) is 0 Å². The Morgan fingerprint density at radius 2 is 1.57 bits per heavy atom. The van der Waals surface area contributed by atoms with Crippen LogP contribution >= 0.6 is 0 Å². The van der Waals surface area contributed by atoms with Gasteiger partial charge in [0.1, 0.15) is 0 Å². The molecule has 1 aromatic heterocycles. The zero-order valence-electron chi connectivity index (χ0n) is 14.6. The Hall–Kier alpha value is -2.15. The van der Waals surface area contributed by atoms with Crippen LogP contribution < -0.4 is 0 Å². The molecular weight excluding hydrogens is 278 g/mol. The van der Waals surface area contributed by atoms with Crippen molar-refractivity contribution >= 4 is 10.8 Å². The van der Waals surface area contributed by atoms with Crippen LogP contribution in [0.25, 0.3) is 22.0 Å². The number of pyridine rings is 1. The highest BCUT2D eigenvalue weighted by Crippen LogP contribution is 2.31. The summed E-state index contributed by atoms with van der Waals surface area (Å²) < 4.78 is 0. The van der Waals surface area contributed by atoms with Crippen molar-refractivity contribution in [3.63, 3.8) is 0 Å². The second-order valence-corrected chi connectivity index (χ2v) is 6.53. The number of aryl methyl sites for hydroxylation is 2. The fourth-order valence-electron chi connectivity index (χ4n) is 3.55. The molecular formula is C22H25N. The van der Waals surface area contributed by atoms with Gasteiger partial charge in [0.25, 0.3) is 0 Å². The molecule has 0 bridgehead atoms. The first-order valence-electron chi connectivity index (χ1n) is 8.59. The molecule has 0 amide bonds. The van der Waals surface area contributed by atoms with Crippen molar-refractivity contribution in [1.82, 2.24) is 4.98 Å². The average Bonchev–Trinajstić information content (AvgIpc) is 2.54. The van der Waals surface area contributed by atoms with Gasteiger partial charge in [-0.25, -0.2) is 0 Å². The second kappa shape index (κ2) is 6.54. The number of hydrogen-bond donors (Lipinski definition) is 0. The smallest absolute Gasteiger partial charge is 0.0780 e. The zero-order chi connectivity index (χ0) is 16.4. The van der Waals surface area contributed by atoms with Crippen LogP contribution in [-0.2, 0) is 0 Å². The molecule has 0 aliphatic heterocycles. The van der Waals surface area contributed by atoms with E-state index < -0.39 is 0 Å². The first kappa shape index (κ1) is 15.7. The maximum Gasteiger partial charge on any atom is 0.0780 e. The summed E-state index contributed by atoms with van der Waals surface area (Å²) in [5.41, 5.74) is 6.31.